The molecule has 0 saturated carbocycles. The van der Waals surface area contributed by atoms with E-state index in [9.17, 15) is 14.7 Å². The predicted molar refractivity (Wildman–Crippen MR) is 95.3 cm³/mol. The van der Waals surface area contributed by atoms with E-state index in [2.05, 4.69) is 4.98 Å². The number of anilines is 1. The maximum absolute atomic E-state index is 12.5. The van der Waals surface area contributed by atoms with E-state index in [-0.39, 0.29) is 24.7 Å². The summed E-state index contributed by atoms with van der Waals surface area (Å²) in [5.41, 5.74) is 7.41. The molecule has 0 radical (unpaired) electrons. The third-order valence-electron chi connectivity index (χ3n) is 3.93. The third kappa shape index (κ3) is 3.68. The molecule has 1 aromatic heterocycles. The fourth-order valence-corrected chi connectivity index (χ4v) is 3.72. The number of carbonyl (C=O) groups excluding carboxylic acids is 1. The maximum Gasteiger partial charge on any atom is 0.326 e. The van der Waals surface area contributed by atoms with Crippen molar-refractivity contribution in [3.63, 3.8) is 0 Å². The van der Waals surface area contributed by atoms with E-state index in [4.69, 9.17) is 5.73 Å². The molecule has 0 bridgehead atoms. The molecule has 8 heteroatoms. The van der Waals surface area contributed by atoms with Gasteiger partial charge in [0.25, 0.3) is 0 Å². The second-order valence-corrected chi connectivity index (χ2v) is 6.57. The number of nitrogen functional groups attached to an aromatic ring is 1. The highest BCUT2D eigenvalue weighted by Gasteiger charge is 2.34. The van der Waals surface area contributed by atoms with Crippen molar-refractivity contribution in [1.82, 2.24) is 9.88 Å². The van der Waals surface area contributed by atoms with Crippen LogP contribution >= 0.6 is 23.7 Å². The van der Waals surface area contributed by atoms with Crippen LogP contribution in [-0.4, -0.2) is 39.5 Å². The Kier molecular flexibility index (Phi) is 5.80. The van der Waals surface area contributed by atoms with Gasteiger partial charge < -0.3 is 15.7 Å². The number of amides is 1. The molecule has 128 valence electrons. The van der Waals surface area contributed by atoms with E-state index < -0.39 is 12.0 Å². The molecule has 1 aliphatic rings. The van der Waals surface area contributed by atoms with Gasteiger partial charge in [0.2, 0.25) is 5.91 Å². The van der Waals surface area contributed by atoms with Gasteiger partial charge in [0.05, 0.1) is 12.1 Å². The zero-order chi connectivity index (χ0) is 16.4. The molecule has 1 saturated heterocycles. The number of hydrogen-bond donors (Lipinski definition) is 2. The highest BCUT2D eigenvalue weighted by atomic mass is 35.5. The average molecular weight is 368 g/mol. The lowest BCUT2D eigenvalue weighted by molar-refractivity contribution is -0.147. The summed E-state index contributed by atoms with van der Waals surface area (Å²) in [4.78, 5) is 30.3. The summed E-state index contributed by atoms with van der Waals surface area (Å²) in [7, 11) is 0. The predicted octanol–water partition coefficient (Wildman–Crippen LogP) is 2.43. The summed E-state index contributed by atoms with van der Waals surface area (Å²) in [5, 5.41) is 9.62. The average Bonchev–Trinajstić information content (AvgIpc) is 3.15. The number of nitrogens with zero attached hydrogens (tertiary/aromatic N) is 2. The molecule has 24 heavy (non-hydrogen) atoms. The first-order chi connectivity index (χ1) is 11.1. The number of thiazole rings is 1. The number of nitrogens with two attached hydrogens (primary N) is 1. The van der Waals surface area contributed by atoms with E-state index in [0.717, 1.165) is 16.9 Å². The van der Waals surface area contributed by atoms with Crippen LogP contribution in [0, 0.1) is 0 Å². The smallest absolute Gasteiger partial charge is 0.326 e. The van der Waals surface area contributed by atoms with Crippen LogP contribution in [0.5, 0.6) is 0 Å². The Morgan fingerprint density at radius 2 is 2.04 bits per heavy atom. The Morgan fingerprint density at radius 3 is 2.71 bits per heavy atom. The van der Waals surface area contributed by atoms with Crippen LogP contribution in [0.25, 0.3) is 11.3 Å². The summed E-state index contributed by atoms with van der Waals surface area (Å²) >= 11 is 1.28. The second kappa shape index (κ2) is 7.63. The van der Waals surface area contributed by atoms with Crippen LogP contribution in [0.3, 0.4) is 0 Å². The standard InChI is InChI=1S/C16H17N3O3S.ClH/c17-16-18-14(10-5-2-1-3-6-10)12(23-16)9-13(20)19-8-4-7-11(19)15(21)22;/h1-3,5-6,11H,4,7-9H2,(H2,17,18)(H,21,22);1H/t11-;/m0./s1. The minimum Gasteiger partial charge on any atom is -0.480 e. The van der Waals surface area contributed by atoms with Crippen LogP contribution < -0.4 is 5.73 Å². The van der Waals surface area contributed by atoms with Crippen LogP contribution in [0.1, 0.15) is 17.7 Å². The van der Waals surface area contributed by atoms with Crippen LogP contribution in [0.15, 0.2) is 30.3 Å². The molecule has 1 fully saturated rings. The van der Waals surface area contributed by atoms with Crippen LogP contribution in [0.4, 0.5) is 5.13 Å². The monoisotopic (exact) mass is 367 g/mol. The Morgan fingerprint density at radius 1 is 1.33 bits per heavy atom. The van der Waals surface area contributed by atoms with E-state index in [1.165, 1.54) is 16.2 Å². The van der Waals surface area contributed by atoms with Crippen molar-refractivity contribution in [2.24, 2.45) is 0 Å². The van der Waals surface area contributed by atoms with Gasteiger partial charge in [-0.3, -0.25) is 4.79 Å². The molecule has 0 aliphatic carbocycles. The minimum atomic E-state index is -0.942. The molecule has 0 unspecified atom stereocenters. The van der Waals surface area contributed by atoms with E-state index in [1.54, 1.807) is 0 Å². The number of rotatable bonds is 4. The zero-order valence-corrected chi connectivity index (χ0v) is 14.5. The van der Waals surface area contributed by atoms with Crippen molar-refractivity contribution >= 4 is 40.8 Å². The van der Waals surface area contributed by atoms with Gasteiger partial charge >= 0.3 is 5.97 Å². The number of likely N-dealkylation sites (tertiary alicyclic amines) is 1. The molecule has 1 amide bonds. The third-order valence-corrected chi connectivity index (χ3v) is 4.82. The molecule has 0 spiro atoms. The van der Waals surface area contributed by atoms with Crippen molar-refractivity contribution in [2.45, 2.75) is 25.3 Å². The molecule has 3 rings (SSSR count). The van der Waals surface area contributed by atoms with Gasteiger partial charge in [-0.2, -0.15) is 0 Å². The first-order valence-corrected chi connectivity index (χ1v) is 8.21. The van der Waals surface area contributed by atoms with E-state index >= 15 is 0 Å². The zero-order valence-electron chi connectivity index (χ0n) is 12.8. The van der Waals surface area contributed by atoms with E-state index in [1.807, 2.05) is 30.3 Å². The molecular weight excluding hydrogens is 350 g/mol. The number of carboxylic acid groups (broad SMARTS) is 1. The molecule has 1 aliphatic heterocycles. The van der Waals surface area contributed by atoms with Gasteiger partial charge in [-0.25, -0.2) is 9.78 Å². The van der Waals surface area contributed by atoms with Gasteiger partial charge in [-0.05, 0) is 12.8 Å². The summed E-state index contributed by atoms with van der Waals surface area (Å²) in [6.07, 6.45) is 1.36. The van der Waals surface area contributed by atoms with Crippen molar-refractivity contribution in [3.05, 3.63) is 35.2 Å². The first kappa shape index (κ1) is 18.2. The number of aromatic nitrogens is 1. The van der Waals surface area contributed by atoms with Gasteiger partial charge in [0.15, 0.2) is 5.13 Å². The van der Waals surface area contributed by atoms with Gasteiger partial charge in [-0.15, -0.1) is 23.7 Å². The van der Waals surface area contributed by atoms with Gasteiger partial charge in [0, 0.05) is 17.0 Å². The number of hydrogen-bond acceptors (Lipinski definition) is 5. The minimum absolute atomic E-state index is 0. The summed E-state index contributed by atoms with van der Waals surface area (Å²) < 4.78 is 0. The van der Waals surface area contributed by atoms with Crippen molar-refractivity contribution in [3.8, 4) is 11.3 Å². The lowest BCUT2D eigenvalue weighted by Crippen LogP contribution is -2.41. The largest absolute Gasteiger partial charge is 0.480 e. The van der Waals surface area contributed by atoms with Gasteiger partial charge in [-0.1, -0.05) is 30.3 Å². The quantitative estimate of drug-likeness (QED) is 0.865. The second-order valence-electron chi connectivity index (χ2n) is 5.45. The Hall–Kier alpha value is -2.12. The van der Waals surface area contributed by atoms with Crippen molar-refractivity contribution < 1.29 is 14.7 Å². The molecule has 2 aromatic rings. The number of aliphatic carboxylic acids is 1. The molecule has 1 atom stereocenters. The Labute approximate surface area is 149 Å². The molecule has 1 aromatic carbocycles. The van der Waals surface area contributed by atoms with Gasteiger partial charge in [0.1, 0.15) is 6.04 Å². The fraction of sp³-hybridized carbons (Fsp3) is 0.312. The number of carbonyl (C=O) groups is 2. The Bertz CT molecular complexity index is 735. The topological polar surface area (TPSA) is 96.5 Å². The molecular formula is C16H18ClN3O3S. The number of carboxylic acids is 1. The summed E-state index contributed by atoms with van der Waals surface area (Å²) in [5.74, 6) is -1.13. The number of halogens is 1. The molecule has 2 heterocycles. The van der Waals surface area contributed by atoms with Crippen molar-refractivity contribution in [1.29, 1.82) is 0 Å². The molecule has 3 N–H and O–H groups in total. The van der Waals surface area contributed by atoms with Crippen LogP contribution in [-0.2, 0) is 16.0 Å². The first-order valence-electron chi connectivity index (χ1n) is 7.39. The fourth-order valence-electron chi connectivity index (χ4n) is 2.87. The Balaban J connectivity index is 0.00000208. The highest BCUT2D eigenvalue weighted by Crippen LogP contribution is 2.31. The van der Waals surface area contributed by atoms with E-state index in [0.29, 0.717) is 23.8 Å². The van der Waals surface area contributed by atoms with Crippen LogP contribution in [0.2, 0.25) is 0 Å². The summed E-state index contributed by atoms with van der Waals surface area (Å²) in [6.45, 7) is 0.491. The molecule has 6 nitrogen and oxygen atoms in total. The normalized spacial score (nSPS) is 16.7. The number of benzene rings is 1. The highest BCUT2D eigenvalue weighted by molar-refractivity contribution is 7.15. The lowest BCUT2D eigenvalue weighted by atomic mass is 10.1. The SMILES string of the molecule is Cl.Nc1nc(-c2ccccc2)c(CC(=O)N2CCC[C@H]2C(=O)O)s1. The summed E-state index contributed by atoms with van der Waals surface area (Å²) in [6, 6.07) is 8.82. The lowest BCUT2D eigenvalue weighted by Gasteiger charge is -2.21. The van der Waals surface area contributed by atoms with Crippen molar-refractivity contribution in [2.75, 3.05) is 12.3 Å². The maximum atomic E-state index is 12.5.